The molecule has 1 aliphatic rings. The maximum absolute atomic E-state index is 12.8. The summed E-state index contributed by atoms with van der Waals surface area (Å²) in [7, 11) is 0. The van der Waals surface area contributed by atoms with Gasteiger partial charge in [-0.1, -0.05) is 20.8 Å². The highest BCUT2D eigenvalue weighted by Gasteiger charge is 2.28. The van der Waals surface area contributed by atoms with Crippen molar-refractivity contribution in [1.82, 2.24) is 4.90 Å². The molecule has 1 aliphatic heterocycles. The smallest absolute Gasteiger partial charge is 0.349 e. The maximum Gasteiger partial charge on any atom is 0.349 e. The third-order valence-corrected chi connectivity index (χ3v) is 4.60. The molecule has 0 saturated carbocycles. The minimum Gasteiger partial charge on any atom is -0.427 e. The molecule has 0 radical (unpaired) electrons. The van der Waals surface area contributed by atoms with E-state index < -0.39 is 5.63 Å². The Morgan fingerprint density at radius 3 is 2.84 bits per heavy atom. The summed E-state index contributed by atoms with van der Waals surface area (Å²) in [5.41, 5.74) is 0.362. The van der Waals surface area contributed by atoms with Crippen molar-refractivity contribution in [3.8, 4) is 0 Å². The second kappa shape index (κ2) is 9.18. The van der Waals surface area contributed by atoms with Crippen molar-refractivity contribution in [3.63, 3.8) is 0 Å². The fourth-order valence-corrected chi connectivity index (χ4v) is 3.19. The molecule has 0 bridgehead atoms. The fourth-order valence-electron chi connectivity index (χ4n) is 3.19. The number of aryl methyl sites for hydroxylation is 2. The number of nitrogens with zero attached hydrogens (tertiary/aromatic N) is 1. The normalized spacial score (nSPS) is 18.0. The van der Waals surface area contributed by atoms with Crippen LogP contribution in [-0.2, 0) is 11.2 Å². The molecule has 1 saturated heterocycles. The highest BCUT2D eigenvalue weighted by Crippen LogP contribution is 2.18. The number of rotatable bonds is 7. The van der Waals surface area contributed by atoms with Gasteiger partial charge in [0.2, 0.25) is 0 Å². The number of ether oxygens (including phenoxy) is 1. The average Bonchev–Trinajstić information content (AvgIpc) is 2.57. The Kier molecular flexibility index (Phi) is 7.24. The molecule has 0 N–H and O–H groups in total. The highest BCUT2D eigenvalue weighted by molar-refractivity contribution is 5.95. The van der Waals surface area contributed by atoms with E-state index in [1.807, 2.05) is 13.0 Å². The van der Waals surface area contributed by atoms with Crippen molar-refractivity contribution in [2.45, 2.75) is 65.9 Å². The number of piperidine rings is 1. The fraction of sp³-hybridized carbons (Fsp3) is 0.700. The van der Waals surface area contributed by atoms with E-state index in [-0.39, 0.29) is 17.6 Å². The Labute approximate surface area is 150 Å². The van der Waals surface area contributed by atoms with Crippen molar-refractivity contribution >= 4 is 5.91 Å². The molecule has 0 aliphatic carbocycles. The van der Waals surface area contributed by atoms with E-state index in [2.05, 4.69) is 20.8 Å². The largest absolute Gasteiger partial charge is 0.427 e. The second-order valence-corrected chi connectivity index (χ2v) is 7.38. The lowest BCUT2D eigenvalue weighted by atomic mass is 10.0. The van der Waals surface area contributed by atoms with Crippen LogP contribution in [0.1, 0.15) is 68.1 Å². The first kappa shape index (κ1) is 19.7. The molecular weight excluding hydrogens is 318 g/mol. The van der Waals surface area contributed by atoms with Gasteiger partial charge in [-0.25, -0.2) is 4.79 Å². The van der Waals surface area contributed by atoms with Crippen molar-refractivity contribution in [1.29, 1.82) is 0 Å². The quantitative estimate of drug-likeness (QED) is 0.755. The molecular formula is C20H31NO4. The molecule has 0 spiro atoms. The van der Waals surface area contributed by atoms with Gasteiger partial charge in [0.25, 0.3) is 5.91 Å². The first-order valence-corrected chi connectivity index (χ1v) is 9.46. The van der Waals surface area contributed by atoms with Gasteiger partial charge in [0.15, 0.2) is 0 Å². The number of hydrogen-bond donors (Lipinski definition) is 0. The predicted octanol–water partition coefficient (Wildman–Crippen LogP) is 3.57. The van der Waals surface area contributed by atoms with E-state index in [1.165, 1.54) is 0 Å². The number of carbonyl (C=O) groups excluding carboxylic acids is 1. The first-order chi connectivity index (χ1) is 11.9. The number of hydrogen-bond acceptors (Lipinski definition) is 4. The Balaban J connectivity index is 2.11. The van der Waals surface area contributed by atoms with E-state index in [0.717, 1.165) is 32.1 Å². The van der Waals surface area contributed by atoms with Crippen LogP contribution in [-0.4, -0.2) is 36.6 Å². The van der Waals surface area contributed by atoms with Gasteiger partial charge in [-0.3, -0.25) is 4.79 Å². The average molecular weight is 349 g/mol. The van der Waals surface area contributed by atoms with Gasteiger partial charge in [0, 0.05) is 26.1 Å². The number of carbonyl (C=O) groups is 1. The molecule has 0 aromatic carbocycles. The van der Waals surface area contributed by atoms with Crippen LogP contribution in [0.5, 0.6) is 0 Å². The molecule has 1 amide bonds. The van der Waals surface area contributed by atoms with Gasteiger partial charge in [-0.2, -0.15) is 0 Å². The van der Waals surface area contributed by atoms with Gasteiger partial charge in [0.05, 0.1) is 6.10 Å². The lowest BCUT2D eigenvalue weighted by Gasteiger charge is -2.32. The van der Waals surface area contributed by atoms with Crippen molar-refractivity contribution < 1.29 is 13.9 Å². The summed E-state index contributed by atoms with van der Waals surface area (Å²) in [6.07, 6.45) is 4.57. The zero-order valence-corrected chi connectivity index (χ0v) is 16.0. The van der Waals surface area contributed by atoms with Crippen LogP contribution in [0.15, 0.2) is 15.3 Å². The summed E-state index contributed by atoms with van der Waals surface area (Å²) in [5, 5.41) is 0. The summed E-state index contributed by atoms with van der Waals surface area (Å²) < 4.78 is 11.2. The van der Waals surface area contributed by atoms with E-state index in [1.54, 1.807) is 4.90 Å². The molecule has 5 heteroatoms. The first-order valence-electron chi connectivity index (χ1n) is 9.46. The topological polar surface area (TPSA) is 59.8 Å². The van der Waals surface area contributed by atoms with Gasteiger partial charge in [-0.05, 0) is 50.2 Å². The van der Waals surface area contributed by atoms with Crippen molar-refractivity contribution in [2.24, 2.45) is 5.92 Å². The van der Waals surface area contributed by atoms with E-state index in [9.17, 15) is 9.59 Å². The van der Waals surface area contributed by atoms with E-state index in [4.69, 9.17) is 9.15 Å². The van der Waals surface area contributed by atoms with Gasteiger partial charge >= 0.3 is 5.63 Å². The summed E-state index contributed by atoms with van der Waals surface area (Å²) in [6, 6.07) is 1.84. The number of likely N-dealkylation sites (tertiary alicyclic amines) is 1. The Morgan fingerprint density at radius 2 is 2.20 bits per heavy atom. The molecule has 140 valence electrons. The van der Waals surface area contributed by atoms with Crippen LogP contribution in [0.3, 0.4) is 0 Å². The predicted molar refractivity (Wildman–Crippen MR) is 98.0 cm³/mol. The molecule has 2 heterocycles. The number of amides is 1. The molecule has 1 aromatic heterocycles. The Bertz CT molecular complexity index is 635. The molecule has 1 atom stereocenters. The molecule has 1 aromatic rings. The Hall–Kier alpha value is -1.62. The third-order valence-electron chi connectivity index (χ3n) is 4.60. The molecule has 25 heavy (non-hydrogen) atoms. The summed E-state index contributed by atoms with van der Waals surface area (Å²) in [4.78, 5) is 27.0. The van der Waals surface area contributed by atoms with Crippen LogP contribution < -0.4 is 5.63 Å². The minimum atomic E-state index is -0.514. The van der Waals surface area contributed by atoms with Crippen molar-refractivity contribution in [3.05, 3.63) is 33.4 Å². The zero-order valence-electron chi connectivity index (χ0n) is 16.0. The molecule has 1 unspecified atom stereocenters. The van der Waals surface area contributed by atoms with Crippen LogP contribution in [0.25, 0.3) is 0 Å². The van der Waals surface area contributed by atoms with Crippen LogP contribution in [0.2, 0.25) is 0 Å². The lowest BCUT2D eigenvalue weighted by molar-refractivity contribution is 0.00193. The monoisotopic (exact) mass is 349 g/mol. The SMILES string of the molecule is CCCOC1CCCN(C(=O)c2c(C)cc(CCC(C)C)oc2=O)C1. The van der Waals surface area contributed by atoms with Gasteiger partial charge < -0.3 is 14.1 Å². The zero-order chi connectivity index (χ0) is 18.4. The summed E-state index contributed by atoms with van der Waals surface area (Å²) in [5.74, 6) is 0.974. The van der Waals surface area contributed by atoms with Gasteiger partial charge in [-0.15, -0.1) is 0 Å². The second-order valence-electron chi connectivity index (χ2n) is 7.38. The van der Waals surface area contributed by atoms with Crippen LogP contribution in [0, 0.1) is 12.8 Å². The maximum atomic E-state index is 12.8. The minimum absolute atomic E-state index is 0.0651. The van der Waals surface area contributed by atoms with Crippen LogP contribution in [0.4, 0.5) is 0 Å². The third kappa shape index (κ3) is 5.43. The Morgan fingerprint density at radius 1 is 1.44 bits per heavy atom. The standard InChI is InChI=1S/C20H31NO4/c1-5-11-24-17-7-6-10-21(13-17)19(22)18-15(4)12-16(25-20(18)23)9-8-14(2)3/h12,14,17H,5-11,13H2,1-4H3. The highest BCUT2D eigenvalue weighted by atomic mass is 16.5. The van der Waals surface area contributed by atoms with Crippen LogP contribution >= 0.6 is 0 Å². The van der Waals surface area contributed by atoms with E-state index in [0.29, 0.717) is 36.9 Å². The molecule has 2 rings (SSSR count). The molecule has 1 fully saturated rings. The van der Waals surface area contributed by atoms with Gasteiger partial charge in [0.1, 0.15) is 11.3 Å². The molecule has 5 nitrogen and oxygen atoms in total. The summed E-state index contributed by atoms with van der Waals surface area (Å²) >= 11 is 0. The van der Waals surface area contributed by atoms with E-state index >= 15 is 0 Å². The summed E-state index contributed by atoms with van der Waals surface area (Å²) in [6.45, 7) is 10.1. The lowest BCUT2D eigenvalue weighted by Crippen LogP contribution is -2.44. The van der Waals surface area contributed by atoms with Crippen molar-refractivity contribution in [2.75, 3.05) is 19.7 Å².